The van der Waals surface area contributed by atoms with Crippen LogP contribution in [0.1, 0.15) is 34.8 Å². The van der Waals surface area contributed by atoms with E-state index < -0.39 is 17.3 Å². The number of aromatic nitrogens is 1. The van der Waals surface area contributed by atoms with E-state index in [2.05, 4.69) is 36.8 Å². The number of nitrogens with zero attached hydrogens (tertiary/aromatic N) is 4. The van der Waals surface area contributed by atoms with Gasteiger partial charge < -0.3 is 24.7 Å². The Morgan fingerprint density at radius 1 is 1.32 bits per heavy atom. The number of hydrazone groups is 1. The Balaban J connectivity index is 1.44. The molecule has 1 aromatic carbocycles. The molecule has 0 spiro atoms. The third-order valence-electron chi connectivity index (χ3n) is 6.55. The summed E-state index contributed by atoms with van der Waals surface area (Å²) in [6.45, 7) is 0.441. The van der Waals surface area contributed by atoms with Crippen molar-refractivity contribution in [2.24, 2.45) is 5.10 Å². The van der Waals surface area contributed by atoms with Crippen LogP contribution in [0.2, 0.25) is 10.0 Å². The van der Waals surface area contributed by atoms with Gasteiger partial charge in [0.05, 0.1) is 34.4 Å². The zero-order valence-electron chi connectivity index (χ0n) is 20.9. The number of hydrogen-bond acceptors (Lipinski definition) is 8. The lowest BCUT2D eigenvalue weighted by molar-refractivity contribution is -0.113. The molecule has 210 valence electrons. The van der Waals surface area contributed by atoms with Gasteiger partial charge in [-0.1, -0.05) is 23.2 Å². The van der Waals surface area contributed by atoms with Gasteiger partial charge in [0.2, 0.25) is 0 Å². The number of carbonyl (C=O) groups is 2. The molecule has 2 aromatic rings. The van der Waals surface area contributed by atoms with Crippen LogP contribution in [0.3, 0.4) is 0 Å². The fourth-order valence-electron chi connectivity index (χ4n) is 4.46. The molecule has 40 heavy (non-hydrogen) atoms. The molecule has 1 aromatic heterocycles. The average Bonchev–Trinajstić information content (AvgIpc) is 3.65. The Morgan fingerprint density at radius 2 is 2.10 bits per heavy atom. The van der Waals surface area contributed by atoms with Crippen LogP contribution in [0.15, 0.2) is 63.6 Å². The number of hydrogen-bond donors (Lipinski definition) is 3. The molecular formula is C25H23BrCl2N6O5S. The van der Waals surface area contributed by atoms with Gasteiger partial charge in [-0.25, -0.2) is 0 Å². The van der Waals surface area contributed by atoms with Crippen LogP contribution >= 0.6 is 39.1 Å². The molecule has 1 fully saturated rings. The van der Waals surface area contributed by atoms with Gasteiger partial charge in [-0.2, -0.15) is 9.31 Å². The zero-order chi connectivity index (χ0) is 28.6. The molecule has 0 bridgehead atoms. The lowest BCUT2D eigenvalue weighted by Gasteiger charge is -2.28. The van der Waals surface area contributed by atoms with Crippen molar-refractivity contribution in [3.63, 3.8) is 0 Å². The predicted octanol–water partition coefficient (Wildman–Crippen LogP) is 4.26. The van der Waals surface area contributed by atoms with Crippen LogP contribution in [0.25, 0.3) is 0 Å². The molecule has 2 unspecified atom stereocenters. The Hall–Kier alpha value is -2.97. The SMILES string of the molecule is CN(C(=O)c1cc(Cl)cc(Br)c1NC(=O)C1=CC(OS(=O)O)=CN(C2=NNCC2c2ncccc2Cl)C1)C1CC1. The Kier molecular flexibility index (Phi) is 8.47. The van der Waals surface area contributed by atoms with Gasteiger partial charge in [-0.05, 0) is 59.1 Å². The lowest BCUT2D eigenvalue weighted by atomic mass is 10.0. The largest absolute Gasteiger partial charge is 0.379 e. The molecule has 11 nitrogen and oxygen atoms in total. The van der Waals surface area contributed by atoms with Crippen molar-refractivity contribution < 1.29 is 22.5 Å². The molecule has 3 aliphatic rings. The molecule has 2 atom stereocenters. The van der Waals surface area contributed by atoms with E-state index in [9.17, 15) is 18.4 Å². The van der Waals surface area contributed by atoms with Gasteiger partial charge in [0.1, 0.15) is 5.84 Å². The van der Waals surface area contributed by atoms with Gasteiger partial charge >= 0.3 is 11.4 Å². The lowest BCUT2D eigenvalue weighted by Crippen LogP contribution is -2.37. The van der Waals surface area contributed by atoms with E-state index in [1.807, 2.05) is 0 Å². The topological polar surface area (TPSA) is 136 Å². The van der Waals surface area contributed by atoms with Crippen LogP contribution < -0.4 is 10.7 Å². The van der Waals surface area contributed by atoms with Crippen molar-refractivity contribution in [3.05, 3.63) is 79.8 Å². The second-order valence-electron chi connectivity index (χ2n) is 9.30. The minimum atomic E-state index is -2.65. The normalized spacial score (nSPS) is 19.2. The van der Waals surface area contributed by atoms with Gasteiger partial charge in [0, 0.05) is 47.1 Å². The Bertz CT molecular complexity index is 1500. The van der Waals surface area contributed by atoms with Crippen molar-refractivity contribution in [2.75, 3.05) is 25.5 Å². The number of pyridine rings is 1. The van der Waals surface area contributed by atoms with Crippen LogP contribution in [-0.2, 0) is 20.3 Å². The van der Waals surface area contributed by atoms with E-state index in [1.54, 1.807) is 41.2 Å². The predicted molar refractivity (Wildman–Crippen MR) is 155 cm³/mol. The average molecular weight is 670 g/mol. The standard InChI is InChI=1S/C25H23BrCl2N6O5S/c1-33(15-4-5-15)25(36)17-8-14(27)9-19(26)21(17)31-24(35)13-7-16(39-40(37)38)12-34(11-13)23-18(10-30-32-23)22-20(28)3-2-6-29-22/h2-3,6-9,12,15,18,30H,4-5,10-11H2,1H3,(H,31,35)(H,37,38). The summed E-state index contributed by atoms with van der Waals surface area (Å²) in [4.78, 5) is 34.5. The first-order chi connectivity index (χ1) is 19.1. The Labute approximate surface area is 250 Å². The summed E-state index contributed by atoms with van der Waals surface area (Å²) in [5.41, 5.74) is 4.18. The number of amidine groups is 1. The molecule has 2 amide bonds. The first kappa shape index (κ1) is 28.6. The summed E-state index contributed by atoms with van der Waals surface area (Å²) in [5.74, 6) is -0.758. The van der Waals surface area contributed by atoms with E-state index in [4.69, 9.17) is 27.4 Å². The summed E-state index contributed by atoms with van der Waals surface area (Å²) in [6, 6.07) is 6.67. The maximum absolute atomic E-state index is 13.6. The third kappa shape index (κ3) is 6.18. The maximum atomic E-state index is 13.6. The van der Waals surface area contributed by atoms with Gasteiger partial charge in [-0.3, -0.25) is 19.1 Å². The highest BCUT2D eigenvalue weighted by atomic mass is 79.9. The fraction of sp³-hybridized carbons (Fsp3) is 0.280. The van der Waals surface area contributed by atoms with E-state index in [-0.39, 0.29) is 47.0 Å². The quantitative estimate of drug-likeness (QED) is 0.372. The van der Waals surface area contributed by atoms with Crippen LogP contribution in [0.4, 0.5) is 5.69 Å². The van der Waals surface area contributed by atoms with Gasteiger partial charge in [-0.15, -0.1) is 0 Å². The number of rotatable bonds is 7. The molecule has 3 heterocycles. The third-order valence-corrected chi connectivity index (χ3v) is 8.05. The molecule has 0 radical (unpaired) electrons. The highest BCUT2D eigenvalue weighted by Gasteiger charge is 2.34. The monoisotopic (exact) mass is 668 g/mol. The first-order valence-electron chi connectivity index (χ1n) is 12.1. The summed E-state index contributed by atoms with van der Waals surface area (Å²) in [6.07, 6.45) is 6.28. The molecule has 3 N–H and O–H groups in total. The molecule has 0 saturated heterocycles. The van der Waals surface area contributed by atoms with Gasteiger partial charge in [0.15, 0.2) is 5.76 Å². The van der Waals surface area contributed by atoms with Crippen LogP contribution in [0, 0.1) is 0 Å². The smallest absolute Gasteiger partial charge is 0.357 e. The maximum Gasteiger partial charge on any atom is 0.357 e. The second kappa shape index (κ2) is 11.9. The van der Waals surface area contributed by atoms with Crippen molar-refractivity contribution in [3.8, 4) is 0 Å². The molecule has 1 aliphatic carbocycles. The van der Waals surface area contributed by atoms with E-state index in [0.29, 0.717) is 32.6 Å². The number of anilines is 1. The van der Waals surface area contributed by atoms with Gasteiger partial charge in [0.25, 0.3) is 11.8 Å². The fourth-order valence-corrected chi connectivity index (χ4v) is 5.87. The summed E-state index contributed by atoms with van der Waals surface area (Å²) in [5, 5.41) is 7.97. The first-order valence-corrected chi connectivity index (χ1v) is 14.7. The summed E-state index contributed by atoms with van der Waals surface area (Å²) < 4.78 is 26.3. The number of amides is 2. The number of halogens is 3. The molecule has 1 saturated carbocycles. The van der Waals surface area contributed by atoms with E-state index in [1.165, 1.54) is 18.3 Å². The van der Waals surface area contributed by atoms with E-state index in [0.717, 1.165) is 12.8 Å². The van der Waals surface area contributed by atoms with Crippen molar-refractivity contribution in [1.29, 1.82) is 0 Å². The zero-order valence-corrected chi connectivity index (χ0v) is 24.9. The number of nitrogens with one attached hydrogen (secondary N) is 2. The highest BCUT2D eigenvalue weighted by molar-refractivity contribution is 9.10. The molecule has 5 rings (SSSR count). The second-order valence-corrected chi connectivity index (χ2v) is 11.6. The van der Waals surface area contributed by atoms with Crippen LogP contribution in [-0.4, -0.2) is 67.4 Å². The number of allylic oxidation sites excluding steroid dienone is 1. The van der Waals surface area contributed by atoms with Crippen molar-refractivity contribution in [1.82, 2.24) is 20.2 Å². The molecule has 15 heteroatoms. The highest BCUT2D eigenvalue weighted by Crippen LogP contribution is 2.35. The molecule has 2 aliphatic heterocycles. The Morgan fingerprint density at radius 3 is 2.80 bits per heavy atom. The summed E-state index contributed by atoms with van der Waals surface area (Å²) >= 11 is 13.4. The van der Waals surface area contributed by atoms with E-state index >= 15 is 0 Å². The summed E-state index contributed by atoms with van der Waals surface area (Å²) in [7, 11) is 1.71. The van der Waals surface area contributed by atoms with Crippen molar-refractivity contribution in [2.45, 2.75) is 24.8 Å². The van der Waals surface area contributed by atoms with Crippen LogP contribution in [0.5, 0.6) is 0 Å². The minimum Gasteiger partial charge on any atom is -0.379 e. The number of benzene rings is 1. The molecular weight excluding hydrogens is 647 g/mol. The number of carbonyl (C=O) groups excluding carboxylic acids is 2. The minimum absolute atomic E-state index is 0.0364. The van der Waals surface area contributed by atoms with Crippen molar-refractivity contribution >= 4 is 73.8 Å².